The van der Waals surface area contributed by atoms with Gasteiger partial charge in [0, 0.05) is 24.6 Å². The number of hydrogen-bond acceptors (Lipinski definition) is 2. The molecule has 0 bridgehead atoms. The van der Waals surface area contributed by atoms with Crippen LogP contribution in [0.4, 0.5) is 0 Å². The van der Waals surface area contributed by atoms with Gasteiger partial charge >= 0.3 is 0 Å². The summed E-state index contributed by atoms with van der Waals surface area (Å²) in [6.45, 7) is 1.87. The van der Waals surface area contributed by atoms with Crippen molar-refractivity contribution < 1.29 is 4.79 Å². The maximum absolute atomic E-state index is 12.2. The Morgan fingerprint density at radius 3 is 2.69 bits per heavy atom. The molecule has 3 rings (SSSR count). The van der Waals surface area contributed by atoms with Gasteiger partial charge in [0.2, 0.25) is 0 Å². The molecule has 0 unspecified atom stereocenters. The number of carbonyl (C=O) groups excluding carboxylic acids is 1. The Balaban J connectivity index is 1.86. The van der Waals surface area contributed by atoms with Crippen LogP contribution in [0.5, 0.6) is 0 Å². The van der Waals surface area contributed by atoms with E-state index in [2.05, 4.69) is 17.4 Å². The zero-order valence-electron chi connectivity index (χ0n) is 9.46. The molecule has 1 fully saturated rings. The van der Waals surface area contributed by atoms with Crippen LogP contribution in [-0.2, 0) is 13.1 Å². The van der Waals surface area contributed by atoms with Gasteiger partial charge in [0.15, 0.2) is 5.78 Å². The maximum atomic E-state index is 12.2. The lowest BCUT2D eigenvalue weighted by atomic mass is 9.94. The normalized spacial score (nSPS) is 20.0. The van der Waals surface area contributed by atoms with Crippen molar-refractivity contribution in [2.24, 2.45) is 5.92 Å². The molecule has 0 aromatic heterocycles. The molecular weight excluding hydrogens is 198 g/mol. The van der Waals surface area contributed by atoms with Crippen LogP contribution in [-0.4, -0.2) is 5.78 Å². The van der Waals surface area contributed by atoms with Gasteiger partial charge in [0.05, 0.1) is 0 Å². The number of benzene rings is 1. The first kappa shape index (κ1) is 10.0. The first-order chi connectivity index (χ1) is 7.84. The second-order valence-electron chi connectivity index (χ2n) is 4.93. The minimum Gasteiger partial charge on any atom is -0.309 e. The fraction of sp³-hybridized carbons (Fsp3) is 0.500. The van der Waals surface area contributed by atoms with Crippen LogP contribution in [0.3, 0.4) is 0 Å². The Hall–Kier alpha value is -1.15. The van der Waals surface area contributed by atoms with Crippen LogP contribution >= 0.6 is 0 Å². The maximum Gasteiger partial charge on any atom is 0.165 e. The zero-order chi connectivity index (χ0) is 11.0. The zero-order valence-corrected chi connectivity index (χ0v) is 9.46. The highest BCUT2D eigenvalue weighted by atomic mass is 16.1. The van der Waals surface area contributed by atoms with Crippen LogP contribution in [0, 0.1) is 5.92 Å². The van der Waals surface area contributed by atoms with Crippen molar-refractivity contribution in [3.8, 4) is 0 Å². The molecule has 1 saturated carbocycles. The molecular formula is C14H17NO. The van der Waals surface area contributed by atoms with E-state index in [-0.39, 0.29) is 0 Å². The molecule has 1 heterocycles. The summed E-state index contributed by atoms with van der Waals surface area (Å²) in [5.41, 5.74) is 3.58. The van der Waals surface area contributed by atoms with Gasteiger partial charge in [-0.05, 0) is 30.0 Å². The van der Waals surface area contributed by atoms with Crippen LogP contribution in [0.25, 0.3) is 0 Å². The van der Waals surface area contributed by atoms with Crippen LogP contribution in [0.2, 0.25) is 0 Å². The van der Waals surface area contributed by atoms with Crippen molar-refractivity contribution in [1.82, 2.24) is 5.32 Å². The predicted molar refractivity (Wildman–Crippen MR) is 63.3 cm³/mol. The fourth-order valence-electron chi connectivity index (χ4n) is 2.87. The highest BCUT2D eigenvalue weighted by Crippen LogP contribution is 2.29. The number of hydrogen-bond donors (Lipinski definition) is 1. The third-order valence-corrected chi connectivity index (χ3v) is 3.85. The van der Waals surface area contributed by atoms with E-state index < -0.39 is 0 Å². The highest BCUT2D eigenvalue weighted by molar-refractivity contribution is 5.98. The average molecular weight is 215 g/mol. The van der Waals surface area contributed by atoms with E-state index in [4.69, 9.17) is 0 Å². The Morgan fingerprint density at radius 1 is 1.12 bits per heavy atom. The average Bonchev–Trinajstić information content (AvgIpc) is 2.98. The van der Waals surface area contributed by atoms with E-state index in [1.54, 1.807) is 0 Å². The van der Waals surface area contributed by atoms with Gasteiger partial charge < -0.3 is 5.32 Å². The van der Waals surface area contributed by atoms with Gasteiger partial charge in [-0.15, -0.1) is 0 Å². The van der Waals surface area contributed by atoms with Crippen LogP contribution in [0.1, 0.15) is 47.2 Å². The second-order valence-corrected chi connectivity index (χ2v) is 4.93. The van der Waals surface area contributed by atoms with Gasteiger partial charge in [-0.3, -0.25) is 4.79 Å². The minimum absolute atomic E-state index is 0.299. The Bertz CT molecular complexity index is 419. The third-order valence-electron chi connectivity index (χ3n) is 3.85. The summed E-state index contributed by atoms with van der Waals surface area (Å²) in [5.74, 6) is 0.666. The molecule has 1 aliphatic heterocycles. The SMILES string of the molecule is O=C(c1ccc2c(c1)CNC2)C1CCCC1. The fourth-order valence-corrected chi connectivity index (χ4v) is 2.87. The lowest BCUT2D eigenvalue weighted by molar-refractivity contribution is 0.0923. The van der Waals surface area contributed by atoms with Gasteiger partial charge in [-0.25, -0.2) is 0 Å². The minimum atomic E-state index is 0.299. The number of carbonyl (C=O) groups is 1. The summed E-state index contributed by atoms with van der Waals surface area (Å²) in [7, 11) is 0. The van der Waals surface area contributed by atoms with E-state index >= 15 is 0 Å². The third kappa shape index (κ3) is 1.67. The Kier molecular flexibility index (Phi) is 2.52. The summed E-state index contributed by atoms with van der Waals surface area (Å²) < 4.78 is 0. The van der Waals surface area contributed by atoms with Crippen molar-refractivity contribution in [3.05, 3.63) is 34.9 Å². The molecule has 1 aromatic rings. The quantitative estimate of drug-likeness (QED) is 0.768. The molecule has 2 heteroatoms. The predicted octanol–water partition coefficient (Wildman–Crippen LogP) is 2.66. The van der Waals surface area contributed by atoms with E-state index in [0.717, 1.165) is 31.5 Å². The number of fused-ring (bicyclic) bond motifs is 1. The summed E-state index contributed by atoms with van der Waals surface area (Å²) in [5, 5.41) is 3.31. The lowest BCUT2D eigenvalue weighted by Gasteiger charge is -2.09. The molecule has 1 aliphatic carbocycles. The van der Waals surface area contributed by atoms with Crippen molar-refractivity contribution in [2.75, 3.05) is 0 Å². The molecule has 16 heavy (non-hydrogen) atoms. The first-order valence-corrected chi connectivity index (χ1v) is 6.21. The summed E-state index contributed by atoms with van der Waals surface area (Å²) >= 11 is 0. The molecule has 84 valence electrons. The molecule has 2 aliphatic rings. The highest BCUT2D eigenvalue weighted by Gasteiger charge is 2.24. The van der Waals surface area contributed by atoms with E-state index in [9.17, 15) is 4.79 Å². The standard InChI is InChI=1S/C14H17NO/c16-14(10-3-1-2-4-10)11-5-6-12-8-15-9-13(12)7-11/h5-7,10,15H,1-4,8-9H2. The van der Waals surface area contributed by atoms with Crippen molar-refractivity contribution in [2.45, 2.75) is 38.8 Å². The molecule has 2 nitrogen and oxygen atoms in total. The Morgan fingerprint density at radius 2 is 1.88 bits per heavy atom. The Labute approximate surface area is 96.1 Å². The largest absolute Gasteiger partial charge is 0.309 e. The molecule has 0 radical (unpaired) electrons. The van der Waals surface area contributed by atoms with Crippen LogP contribution < -0.4 is 5.32 Å². The molecule has 0 spiro atoms. The van der Waals surface area contributed by atoms with Crippen molar-refractivity contribution in [1.29, 1.82) is 0 Å². The topological polar surface area (TPSA) is 29.1 Å². The molecule has 0 amide bonds. The van der Waals surface area contributed by atoms with E-state index in [1.165, 1.54) is 24.0 Å². The van der Waals surface area contributed by atoms with Crippen molar-refractivity contribution in [3.63, 3.8) is 0 Å². The van der Waals surface area contributed by atoms with Crippen LogP contribution in [0.15, 0.2) is 18.2 Å². The number of ketones is 1. The summed E-state index contributed by atoms with van der Waals surface area (Å²) in [6, 6.07) is 6.21. The summed E-state index contributed by atoms with van der Waals surface area (Å²) in [6.07, 6.45) is 4.63. The number of Topliss-reactive ketones (excluding diaryl/α,β-unsaturated/α-hetero) is 1. The van der Waals surface area contributed by atoms with Gasteiger partial charge in [0.1, 0.15) is 0 Å². The lowest BCUT2D eigenvalue weighted by Crippen LogP contribution is -2.11. The molecule has 1 aromatic carbocycles. The van der Waals surface area contributed by atoms with Gasteiger partial charge in [-0.1, -0.05) is 25.0 Å². The van der Waals surface area contributed by atoms with Gasteiger partial charge in [-0.2, -0.15) is 0 Å². The number of nitrogens with one attached hydrogen (secondary N) is 1. The van der Waals surface area contributed by atoms with E-state index in [1.807, 2.05) is 6.07 Å². The number of rotatable bonds is 2. The molecule has 0 atom stereocenters. The molecule has 0 saturated heterocycles. The smallest absolute Gasteiger partial charge is 0.165 e. The second kappa shape index (κ2) is 4.02. The molecule has 1 N–H and O–H groups in total. The monoisotopic (exact) mass is 215 g/mol. The summed E-state index contributed by atoms with van der Waals surface area (Å²) in [4.78, 5) is 12.2. The van der Waals surface area contributed by atoms with Crippen molar-refractivity contribution >= 4 is 5.78 Å². The first-order valence-electron chi connectivity index (χ1n) is 6.21. The van der Waals surface area contributed by atoms with E-state index in [0.29, 0.717) is 11.7 Å². The van der Waals surface area contributed by atoms with Gasteiger partial charge in [0.25, 0.3) is 0 Å².